The second kappa shape index (κ2) is 15.5. The molecule has 2 aliphatic rings. The van der Waals surface area contributed by atoms with E-state index in [0.717, 1.165) is 24.6 Å². The molecule has 2 nitrogen and oxygen atoms in total. The lowest BCUT2D eigenvalue weighted by Gasteiger charge is -2.17. The fraction of sp³-hybridized carbons (Fsp3) is 0.710. The highest BCUT2D eigenvalue weighted by atomic mass is 14.9. The minimum atomic E-state index is 0.874. The summed E-state index contributed by atoms with van der Waals surface area (Å²) >= 11 is 0. The molecule has 0 N–H and O–H groups in total. The predicted molar refractivity (Wildman–Crippen MR) is 142 cm³/mol. The van der Waals surface area contributed by atoms with Crippen LogP contribution in [0.1, 0.15) is 141 Å². The van der Waals surface area contributed by atoms with E-state index in [1.807, 2.05) is 6.20 Å². The number of aryl methyl sites for hydroxylation is 1. The van der Waals surface area contributed by atoms with Crippen LogP contribution in [0.15, 0.2) is 35.6 Å². The van der Waals surface area contributed by atoms with Crippen LogP contribution in [0.2, 0.25) is 0 Å². The Hall–Kier alpha value is -1.44. The zero-order valence-corrected chi connectivity index (χ0v) is 21.7. The molecule has 183 valence electrons. The average molecular weight is 450 g/mol. The topological polar surface area (TPSA) is 25.8 Å². The quantitative estimate of drug-likeness (QED) is 0.221. The summed E-state index contributed by atoms with van der Waals surface area (Å²) in [5.74, 6) is 3.17. The smallest absolute Gasteiger partial charge is 0.140 e. The largest absolute Gasteiger partial charge is 0.240 e. The lowest BCUT2D eigenvalue weighted by Crippen LogP contribution is -2.08. The average Bonchev–Trinajstić information content (AvgIpc) is 3.25. The van der Waals surface area contributed by atoms with Crippen LogP contribution in [0.25, 0.3) is 0 Å². The van der Waals surface area contributed by atoms with E-state index in [2.05, 4.69) is 37.0 Å². The molecule has 0 bridgehead atoms. The maximum atomic E-state index is 4.95. The minimum Gasteiger partial charge on any atom is -0.240 e. The van der Waals surface area contributed by atoms with E-state index in [9.17, 15) is 0 Å². The molecule has 1 atom stereocenters. The summed E-state index contributed by atoms with van der Waals surface area (Å²) in [4.78, 5) is 9.60. The summed E-state index contributed by atoms with van der Waals surface area (Å²) in [5.41, 5.74) is 4.50. The second-order valence-corrected chi connectivity index (χ2v) is 10.6. The van der Waals surface area contributed by atoms with Crippen LogP contribution < -0.4 is 0 Å². The van der Waals surface area contributed by atoms with Gasteiger partial charge in [0.1, 0.15) is 5.82 Å². The van der Waals surface area contributed by atoms with Gasteiger partial charge in [-0.3, -0.25) is 0 Å². The Morgan fingerprint density at radius 2 is 1.42 bits per heavy atom. The standard InChI is InChI=1S/C31H49N2/c1-3-5-7-9-11-12-14-16-18-30-21-22-32-31(33-30)28-20-19-27-23-26(24-29(27)25-28)17-15-13-10-8-6-4-2/h19-22,26H,3-18,23-25H2,1-2H3. The van der Waals surface area contributed by atoms with Crippen molar-refractivity contribution in [3.05, 3.63) is 53.0 Å². The SMILES string of the molecule is CCCCCCCCCCc1ccnc([C]2C=CC3=C(C2)CC(CCCCCCCC)C3)n1. The molecule has 1 radical (unpaired) electrons. The molecule has 2 heteroatoms. The summed E-state index contributed by atoms with van der Waals surface area (Å²) < 4.78 is 0. The molecule has 0 aromatic carbocycles. The van der Waals surface area contributed by atoms with Crippen LogP contribution >= 0.6 is 0 Å². The van der Waals surface area contributed by atoms with Gasteiger partial charge < -0.3 is 0 Å². The van der Waals surface area contributed by atoms with Crippen LogP contribution in [0.4, 0.5) is 0 Å². The number of nitrogens with zero attached hydrogens (tertiary/aromatic N) is 2. The van der Waals surface area contributed by atoms with Gasteiger partial charge in [0.15, 0.2) is 0 Å². The van der Waals surface area contributed by atoms with Crippen LogP contribution in [0, 0.1) is 11.8 Å². The van der Waals surface area contributed by atoms with E-state index >= 15 is 0 Å². The molecular weight excluding hydrogens is 400 g/mol. The molecule has 3 rings (SSSR count). The van der Waals surface area contributed by atoms with Crippen LogP contribution in [-0.4, -0.2) is 9.97 Å². The van der Waals surface area contributed by atoms with Crippen molar-refractivity contribution in [1.82, 2.24) is 9.97 Å². The number of allylic oxidation sites excluding steroid dienone is 4. The zero-order valence-electron chi connectivity index (χ0n) is 21.7. The molecule has 0 saturated carbocycles. The molecule has 33 heavy (non-hydrogen) atoms. The number of hydrogen-bond acceptors (Lipinski definition) is 2. The maximum absolute atomic E-state index is 4.95. The Morgan fingerprint density at radius 1 is 0.758 bits per heavy atom. The third-order valence-corrected chi connectivity index (χ3v) is 7.64. The lowest BCUT2D eigenvalue weighted by atomic mass is 9.90. The summed E-state index contributed by atoms with van der Waals surface area (Å²) in [6.45, 7) is 4.58. The van der Waals surface area contributed by atoms with Crippen LogP contribution in [0.3, 0.4) is 0 Å². The van der Waals surface area contributed by atoms with E-state index in [4.69, 9.17) is 4.98 Å². The Kier molecular flexibility index (Phi) is 12.3. The van der Waals surface area contributed by atoms with Crippen molar-refractivity contribution in [3.63, 3.8) is 0 Å². The van der Waals surface area contributed by atoms with Gasteiger partial charge in [0.25, 0.3) is 0 Å². The Bertz CT molecular complexity index is 732. The van der Waals surface area contributed by atoms with E-state index in [1.54, 1.807) is 11.1 Å². The van der Waals surface area contributed by atoms with Gasteiger partial charge in [-0.1, -0.05) is 115 Å². The number of hydrogen-bond donors (Lipinski definition) is 0. The van der Waals surface area contributed by atoms with Gasteiger partial charge in [0.05, 0.1) is 5.92 Å². The number of rotatable bonds is 17. The Balaban J connectivity index is 1.36. The molecule has 0 aliphatic heterocycles. The summed E-state index contributed by atoms with van der Waals surface area (Å²) in [6, 6.07) is 2.12. The first-order valence-electron chi connectivity index (χ1n) is 14.4. The van der Waals surface area contributed by atoms with Crippen molar-refractivity contribution >= 4 is 0 Å². The Morgan fingerprint density at radius 3 is 2.15 bits per heavy atom. The maximum Gasteiger partial charge on any atom is 0.140 e. The number of aromatic nitrogens is 2. The molecular formula is C31H49N2. The van der Waals surface area contributed by atoms with Crippen molar-refractivity contribution in [2.45, 2.75) is 136 Å². The molecule has 0 amide bonds. The Labute approximate surface area is 204 Å². The van der Waals surface area contributed by atoms with E-state index in [0.29, 0.717) is 0 Å². The second-order valence-electron chi connectivity index (χ2n) is 10.6. The highest BCUT2D eigenvalue weighted by Gasteiger charge is 2.28. The van der Waals surface area contributed by atoms with Crippen LogP contribution in [-0.2, 0) is 6.42 Å². The van der Waals surface area contributed by atoms with Gasteiger partial charge in [0, 0.05) is 11.9 Å². The first-order chi connectivity index (χ1) is 16.3. The molecule has 1 heterocycles. The molecule has 2 aliphatic carbocycles. The number of unbranched alkanes of at least 4 members (excludes halogenated alkanes) is 12. The first kappa shape index (κ1) is 26.2. The molecule has 1 aromatic rings. The lowest BCUT2D eigenvalue weighted by molar-refractivity contribution is 0.467. The van der Waals surface area contributed by atoms with Crippen molar-refractivity contribution in [3.8, 4) is 0 Å². The minimum absolute atomic E-state index is 0.874. The normalized spacial score (nSPS) is 18.3. The van der Waals surface area contributed by atoms with Gasteiger partial charge in [-0.05, 0) is 56.1 Å². The van der Waals surface area contributed by atoms with Gasteiger partial charge in [0.2, 0.25) is 0 Å². The summed E-state index contributed by atoms with van der Waals surface area (Å²) in [7, 11) is 0. The first-order valence-corrected chi connectivity index (χ1v) is 14.4. The fourth-order valence-electron chi connectivity index (χ4n) is 5.57. The van der Waals surface area contributed by atoms with E-state index in [1.165, 1.54) is 121 Å². The molecule has 1 aromatic heterocycles. The van der Waals surface area contributed by atoms with Gasteiger partial charge in [-0.2, -0.15) is 0 Å². The van der Waals surface area contributed by atoms with Crippen molar-refractivity contribution in [2.75, 3.05) is 0 Å². The van der Waals surface area contributed by atoms with Crippen molar-refractivity contribution in [1.29, 1.82) is 0 Å². The fourth-order valence-corrected chi connectivity index (χ4v) is 5.57. The monoisotopic (exact) mass is 449 g/mol. The zero-order chi connectivity index (χ0) is 23.1. The highest BCUT2D eigenvalue weighted by Crippen LogP contribution is 2.42. The summed E-state index contributed by atoms with van der Waals surface area (Å²) in [5, 5.41) is 0. The molecule has 0 fully saturated rings. The molecule has 0 saturated heterocycles. The molecule has 0 spiro atoms. The third kappa shape index (κ3) is 9.38. The van der Waals surface area contributed by atoms with Gasteiger partial charge >= 0.3 is 0 Å². The predicted octanol–water partition coefficient (Wildman–Crippen LogP) is 9.50. The van der Waals surface area contributed by atoms with Gasteiger partial charge in [-0.25, -0.2) is 9.97 Å². The van der Waals surface area contributed by atoms with Crippen LogP contribution in [0.5, 0.6) is 0 Å². The van der Waals surface area contributed by atoms with Gasteiger partial charge in [-0.15, -0.1) is 0 Å². The third-order valence-electron chi connectivity index (χ3n) is 7.64. The van der Waals surface area contributed by atoms with E-state index < -0.39 is 0 Å². The van der Waals surface area contributed by atoms with E-state index in [-0.39, 0.29) is 0 Å². The highest BCUT2D eigenvalue weighted by molar-refractivity contribution is 5.45. The van der Waals surface area contributed by atoms with Crippen molar-refractivity contribution in [2.24, 2.45) is 5.92 Å². The summed E-state index contributed by atoms with van der Waals surface area (Å²) in [6.07, 6.45) is 32.2. The molecule has 1 unspecified atom stereocenters. The van der Waals surface area contributed by atoms with Crippen molar-refractivity contribution < 1.29 is 0 Å².